The third kappa shape index (κ3) is 3.42. The molecule has 32 heavy (non-hydrogen) atoms. The Balaban J connectivity index is 1.48. The summed E-state index contributed by atoms with van der Waals surface area (Å²) in [6.45, 7) is -0.307. The van der Waals surface area contributed by atoms with E-state index in [-0.39, 0.29) is 18.8 Å². The van der Waals surface area contributed by atoms with Gasteiger partial charge < -0.3 is 10.4 Å². The molecule has 0 fully saturated rings. The number of imide groups is 1. The van der Waals surface area contributed by atoms with E-state index in [1.165, 1.54) is 6.08 Å². The van der Waals surface area contributed by atoms with E-state index in [0.29, 0.717) is 5.69 Å². The molecule has 0 spiro atoms. The number of β-amino-alcohol motifs (C(OH)–C–C–N with tert-alkyl or cyclic N) is 1. The average molecular weight is 425 g/mol. The normalized spacial score (nSPS) is 13.7. The van der Waals surface area contributed by atoms with Gasteiger partial charge >= 0.3 is 0 Å². The topological polar surface area (TPSA) is 99.8 Å². The van der Waals surface area contributed by atoms with Crippen LogP contribution in [0.1, 0.15) is 0 Å². The molecule has 2 amide bonds. The fraction of sp³-hybridized carbons (Fsp3) is 0.0833. The van der Waals surface area contributed by atoms with E-state index in [4.69, 9.17) is 5.11 Å². The number of amides is 2. The first-order chi connectivity index (χ1) is 15.7. The van der Waals surface area contributed by atoms with Crippen LogP contribution in [0.15, 0.2) is 84.8 Å². The lowest BCUT2D eigenvalue weighted by atomic mass is 10.1. The number of hydrogen-bond donors (Lipinski definition) is 2. The molecule has 2 aromatic carbocycles. The number of carbonyl (C=O) groups excluding carboxylic acids is 2. The number of nitrogens with zero attached hydrogens (tertiary/aromatic N) is 4. The van der Waals surface area contributed by atoms with Gasteiger partial charge in [-0.15, -0.1) is 0 Å². The van der Waals surface area contributed by atoms with Crippen molar-refractivity contribution in [3.8, 4) is 22.4 Å². The second-order valence-electron chi connectivity index (χ2n) is 7.27. The molecule has 0 aliphatic carbocycles. The van der Waals surface area contributed by atoms with Gasteiger partial charge in [0, 0.05) is 29.1 Å². The van der Waals surface area contributed by atoms with E-state index in [2.05, 4.69) is 15.4 Å². The first kappa shape index (κ1) is 19.7. The summed E-state index contributed by atoms with van der Waals surface area (Å²) in [5.41, 5.74) is 5.25. The zero-order valence-corrected chi connectivity index (χ0v) is 17.0. The smallest absolute Gasteiger partial charge is 0.277 e. The number of aliphatic hydroxyl groups is 1. The monoisotopic (exact) mass is 425 g/mol. The molecule has 0 saturated heterocycles. The second kappa shape index (κ2) is 8.09. The molecule has 0 atom stereocenters. The average Bonchev–Trinajstić information content (AvgIpc) is 3.37. The number of rotatable bonds is 6. The Morgan fingerprint density at radius 3 is 2.59 bits per heavy atom. The number of benzene rings is 2. The lowest BCUT2D eigenvalue weighted by Gasteiger charge is -2.14. The molecular formula is C24H19N5O3. The standard InChI is InChI=1S/C24H19N5O3/c30-12-11-28-22(31)14-20(24(28)32)27-18-8-4-7-17(13-18)21-9-10-25-23-19(15-26-29(21)23)16-5-2-1-3-6-16/h1-10,13-15,27,30H,11-12H2. The molecular weight excluding hydrogens is 406 g/mol. The molecule has 1 aliphatic rings. The van der Waals surface area contributed by atoms with Gasteiger partial charge in [0.2, 0.25) is 0 Å². The van der Waals surface area contributed by atoms with Gasteiger partial charge in [-0.2, -0.15) is 5.10 Å². The Bertz CT molecular complexity index is 1360. The van der Waals surface area contributed by atoms with Gasteiger partial charge in [0.15, 0.2) is 5.65 Å². The molecule has 0 radical (unpaired) electrons. The molecule has 0 saturated carbocycles. The first-order valence-electron chi connectivity index (χ1n) is 10.1. The maximum Gasteiger partial charge on any atom is 0.277 e. The number of carbonyl (C=O) groups is 2. The van der Waals surface area contributed by atoms with Crippen molar-refractivity contribution in [3.63, 3.8) is 0 Å². The van der Waals surface area contributed by atoms with Crippen molar-refractivity contribution in [1.29, 1.82) is 0 Å². The third-order valence-electron chi connectivity index (χ3n) is 5.26. The molecule has 3 heterocycles. The van der Waals surface area contributed by atoms with Crippen LogP contribution in [0.25, 0.3) is 28.0 Å². The molecule has 1 aliphatic heterocycles. The summed E-state index contributed by atoms with van der Waals surface area (Å²) < 4.78 is 1.79. The van der Waals surface area contributed by atoms with Crippen molar-refractivity contribution in [2.24, 2.45) is 0 Å². The van der Waals surface area contributed by atoms with Crippen LogP contribution in [0.4, 0.5) is 5.69 Å². The highest BCUT2D eigenvalue weighted by molar-refractivity contribution is 6.17. The largest absolute Gasteiger partial charge is 0.395 e. The lowest BCUT2D eigenvalue weighted by Crippen LogP contribution is -2.34. The van der Waals surface area contributed by atoms with Crippen molar-refractivity contribution in [1.82, 2.24) is 19.5 Å². The number of aromatic nitrogens is 3. The summed E-state index contributed by atoms with van der Waals surface area (Å²) in [6.07, 6.45) is 4.79. The molecule has 8 nitrogen and oxygen atoms in total. The summed E-state index contributed by atoms with van der Waals surface area (Å²) in [5, 5.41) is 16.6. The highest BCUT2D eigenvalue weighted by atomic mass is 16.3. The minimum absolute atomic E-state index is 0.0303. The Kier molecular flexibility index (Phi) is 4.97. The van der Waals surface area contributed by atoms with Crippen LogP contribution >= 0.6 is 0 Å². The predicted octanol–water partition coefficient (Wildman–Crippen LogP) is 2.72. The quantitative estimate of drug-likeness (QED) is 0.461. The third-order valence-corrected chi connectivity index (χ3v) is 5.26. The highest BCUT2D eigenvalue weighted by Crippen LogP contribution is 2.28. The van der Waals surface area contributed by atoms with Gasteiger partial charge in [0.05, 0.1) is 25.0 Å². The van der Waals surface area contributed by atoms with Crippen LogP contribution < -0.4 is 5.32 Å². The Hall–Kier alpha value is -4.30. The summed E-state index contributed by atoms with van der Waals surface area (Å²) in [6, 6.07) is 19.3. The fourth-order valence-electron chi connectivity index (χ4n) is 3.75. The highest BCUT2D eigenvalue weighted by Gasteiger charge is 2.30. The van der Waals surface area contributed by atoms with E-state index in [1.54, 1.807) is 16.9 Å². The summed E-state index contributed by atoms with van der Waals surface area (Å²) in [4.78, 5) is 29.9. The molecule has 0 bridgehead atoms. The summed E-state index contributed by atoms with van der Waals surface area (Å²) >= 11 is 0. The molecule has 0 unspecified atom stereocenters. The number of aliphatic hydroxyl groups excluding tert-OH is 1. The molecule has 2 N–H and O–H groups in total. The van der Waals surface area contributed by atoms with Gasteiger partial charge in [-0.1, -0.05) is 42.5 Å². The maximum atomic E-state index is 12.4. The first-order valence-corrected chi connectivity index (χ1v) is 10.1. The van der Waals surface area contributed by atoms with Crippen LogP contribution in [0.5, 0.6) is 0 Å². The minimum atomic E-state index is -0.458. The van der Waals surface area contributed by atoms with Crippen molar-refractivity contribution in [3.05, 3.63) is 84.8 Å². The SMILES string of the molecule is O=C1C=C(Nc2cccc(-c3ccnc4c(-c5ccccc5)cnn34)c2)C(=O)N1CCO. The summed E-state index contributed by atoms with van der Waals surface area (Å²) in [7, 11) is 0. The summed E-state index contributed by atoms with van der Waals surface area (Å²) in [5.74, 6) is -0.899. The van der Waals surface area contributed by atoms with Crippen molar-refractivity contribution < 1.29 is 14.7 Å². The van der Waals surface area contributed by atoms with E-state index in [1.807, 2.05) is 60.7 Å². The van der Waals surface area contributed by atoms with Gasteiger partial charge in [0.1, 0.15) is 5.70 Å². The van der Waals surface area contributed by atoms with Gasteiger partial charge in [-0.05, 0) is 23.8 Å². The maximum absolute atomic E-state index is 12.4. The van der Waals surface area contributed by atoms with Crippen LogP contribution in [0.3, 0.4) is 0 Å². The second-order valence-corrected chi connectivity index (χ2v) is 7.27. The van der Waals surface area contributed by atoms with Crippen LogP contribution in [-0.4, -0.2) is 49.6 Å². The van der Waals surface area contributed by atoms with Crippen LogP contribution in [0.2, 0.25) is 0 Å². The van der Waals surface area contributed by atoms with Gasteiger partial charge in [-0.25, -0.2) is 9.50 Å². The zero-order valence-electron chi connectivity index (χ0n) is 17.0. The van der Waals surface area contributed by atoms with Crippen LogP contribution in [-0.2, 0) is 9.59 Å². The van der Waals surface area contributed by atoms with Gasteiger partial charge in [-0.3, -0.25) is 14.5 Å². The van der Waals surface area contributed by atoms with Crippen molar-refractivity contribution in [2.45, 2.75) is 0 Å². The molecule has 5 rings (SSSR count). The van der Waals surface area contributed by atoms with Gasteiger partial charge in [0.25, 0.3) is 11.8 Å². The number of hydrogen-bond acceptors (Lipinski definition) is 6. The van der Waals surface area contributed by atoms with Crippen LogP contribution in [0, 0.1) is 0 Å². The molecule has 8 heteroatoms. The van der Waals surface area contributed by atoms with Crippen molar-refractivity contribution in [2.75, 3.05) is 18.5 Å². The number of nitrogens with one attached hydrogen (secondary N) is 1. The van der Waals surface area contributed by atoms with E-state index < -0.39 is 11.8 Å². The Morgan fingerprint density at radius 2 is 1.78 bits per heavy atom. The minimum Gasteiger partial charge on any atom is -0.395 e. The molecule has 2 aromatic heterocycles. The zero-order chi connectivity index (χ0) is 22.1. The van der Waals surface area contributed by atoms with E-state index >= 15 is 0 Å². The molecule has 158 valence electrons. The fourth-order valence-corrected chi connectivity index (χ4v) is 3.75. The predicted molar refractivity (Wildman–Crippen MR) is 119 cm³/mol. The lowest BCUT2D eigenvalue weighted by molar-refractivity contribution is -0.137. The Labute approximate surface area is 183 Å². The number of fused-ring (bicyclic) bond motifs is 1. The Morgan fingerprint density at radius 1 is 0.969 bits per heavy atom. The van der Waals surface area contributed by atoms with Crippen molar-refractivity contribution >= 4 is 23.1 Å². The number of anilines is 1. The van der Waals surface area contributed by atoms with E-state index in [0.717, 1.165) is 32.9 Å². The van der Waals surface area contributed by atoms with E-state index in [9.17, 15) is 9.59 Å². The molecule has 4 aromatic rings.